The summed E-state index contributed by atoms with van der Waals surface area (Å²) in [5.74, 6) is -0.0685. The predicted octanol–water partition coefficient (Wildman–Crippen LogP) is 3.02. The maximum Gasteiger partial charge on any atom is 0.303 e. The van der Waals surface area contributed by atoms with Gasteiger partial charge in [-0.15, -0.1) is 0 Å². The fraction of sp³-hybridized carbons (Fsp3) is 0.750. The normalized spacial score (nSPS) is 26.1. The van der Waals surface area contributed by atoms with Crippen molar-refractivity contribution in [2.24, 2.45) is 5.41 Å². The van der Waals surface area contributed by atoms with Crippen LogP contribution in [0.15, 0.2) is 11.8 Å². The summed E-state index contributed by atoms with van der Waals surface area (Å²) in [6, 6.07) is 0.197. The van der Waals surface area contributed by atoms with E-state index in [0.29, 0.717) is 0 Å². The molecule has 2 fully saturated rings. The van der Waals surface area contributed by atoms with Crippen molar-refractivity contribution in [1.82, 2.24) is 4.90 Å². The van der Waals surface area contributed by atoms with Crippen molar-refractivity contribution in [1.29, 1.82) is 0 Å². The average Bonchev–Trinajstić information content (AvgIpc) is 2.64. The fourth-order valence-corrected chi connectivity index (χ4v) is 3.73. The Kier molecular flexibility index (Phi) is 4.51. The quantitative estimate of drug-likeness (QED) is 0.746. The number of rotatable bonds is 3. The van der Waals surface area contributed by atoms with Crippen LogP contribution >= 0.6 is 0 Å². The molecule has 1 aliphatic heterocycles. The van der Waals surface area contributed by atoms with Gasteiger partial charge in [0.15, 0.2) is 0 Å². The van der Waals surface area contributed by atoms with Crippen molar-refractivity contribution in [3.8, 4) is 0 Å². The van der Waals surface area contributed by atoms with Crippen molar-refractivity contribution < 1.29 is 14.3 Å². The Bertz CT molecular complexity index is 421. The van der Waals surface area contributed by atoms with Gasteiger partial charge in [-0.2, -0.15) is 0 Å². The van der Waals surface area contributed by atoms with Crippen molar-refractivity contribution in [2.75, 3.05) is 6.61 Å². The van der Waals surface area contributed by atoms with Crippen LogP contribution in [-0.4, -0.2) is 29.4 Å². The summed E-state index contributed by atoms with van der Waals surface area (Å²) in [7, 11) is 0. The summed E-state index contributed by atoms with van der Waals surface area (Å²) in [6.45, 7) is 5.58. The predicted molar refractivity (Wildman–Crippen MR) is 76.8 cm³/mol. The summed E-state index contributed by atoms with van der Waals surface area (Å²) in [6.07, 6.45) is 8.40. The maximum atomic E-state index is 12.9. The maximum absolute atomic E-state index is 12.9. The topological polar surface area (TPSA) is 46.6 Å². The van der Waals surface area contributed by atoms with Gasteiger partial charge in [0.25, 0.3) is 0 Å². The van der Waals surface area contributed by atoms with Crippen molar-refractivity contribution >= 4 is 11.9 Å². The van der Waals surface area contributed by atoms with E-state index in [-0.39, 0.29) is 29.9 Å². The minimum Gasteiger partial charge on any atom is -0.459 e. The summed E-state index contributed by atoms with van der Waals surface area (Å²) >= 11 is 0. The van der Waals surface area contributed by atoms with E-state index in [4.69, 9.17) is 4.74 Å². The van der Waals surface area contributed by atoms with Crippen LogP contribution in [0.1, 0.15) is 59.3 Å². The standard InChI is InChI=1S/C16H25NO3/c1-4-14(11-20-13(3)18)17-12(2)10-16(15(17)19)8-6-5-7-9-16/h4,12H,5-11H2,1-3H3/b14-4+/t12-/m0/s1. The molecular formula is C16H25NO3. The Morgan fingerprint density at radius 2 is 2.05 bits per heavy atom. The van der Waals surface area contributed by atoms with Gasteiger partial charge in [-0.3, -0.25) is 9.59 Å². The molecule has 0 radical (unpaired) electrons. The number of ether oxygens (including phenoxy) is 1. The lowest BCUT2D eigenvalue weighted by Gasteiger charge is -2.32. The van der Waals surface area contributed by atoms with E-state index < -0.39 is 0 Å². The third kappa shape index (κ3) is 2.74. The van der Waals surface area contributed by atoms with Crippen molar-refractivity contribution in [2.45, 2.75) is 65.3 Å². The third-order valence-electron chi connectivity index (χ3n) is 4.68. The second-order valence-electron chi connectivity index (χ2n) is 6.13. The van der Waals surface area contributed by atoms with Gasteiger partial charge in [0, 0.05) is 13.0 Å². The number of esters is 1. The van der Waals surface area contributed by atoms with Crippen molar-refractivity contribution in [3.63, 3.8) is 0 Å². The lowest BCUT2D eigenvalue weighted by Crippen LogP contribution is -2.38. The average molecular weight is 279 g/mol. The number of nitrogens with zero attached hydrogens (tertiary/aromatic N) is 1. The van der Waals surface area contributed by atoms with Crippen LogP contribution in [0.4, 0.5) is 0 Å². The van der Waals surface area contributed by atoms with E-state index in [9.17, 15) is 9.59 Å². The second-order valence-corrected chi connectivity index (χ2v) is 6.13. The van der Waals surface area contributed by atoms with Gasteiger partial charge in [-0.1, -0.05) is 25.3 Å². The molecular weight excluding hydrogens is 254 g/mol. The molecule has 0 bridgehead atoms. The van der Waals surface area contributed by atoms with Crippen LogP contribution in [0.5, 0.6) is 0 Å². The first-order valence-corrected chi connectivity index (χ1v) is 7.62. The highest BCUT2D eigenvalue weighted by atomic mass is 16.5. The summed E-state index contributed by atoms with van der Waals surface area (Å²) < 4.78 is 5.08. The highest BCUT2D eigenvalue weighted by Crippen LogP contribution is 2.48. The second kappa shape index (κ2) is 5.98. The summed E-state index contributed by atoms with van der Waals surface area (Å²) in [5.41, 5.74) is 0.669. The SMILES string of the molecule is C/C=C(\COC(C)=O)N1C(=O)C2(CCCCC2)C[C@@H]1C. The Labute approximate surface area is 121 Å². The van der Waals surface area contributed by atoms with E-state index in [1.807, 2.05) is 17.9 Å². The first-order chi connectivity index (χ1) is 9.50. The molecule has 1 spiro atoms. The van der Waals surface area contributed by atoms with E-state index in [2.05, 4.69) is 6.92 Å². The summed E-state index contributed by atoms with van der Waals surface area (Å²) in [5, 5.41) is 0. The fourth-order valence-electron chi connectivity index (χ4n) is 3.73. The Morgan fingerprint density at radius 3 is 2.60 bits per heavy atom. The highest BCUT2D eigenvalue weighted by molar-refractivity contribution is 5.87. The van der Waals surface area contributed by atoms with Gasteiger partial charge < -0.3 is 9.64 Å². The molecule has 1 aliphatic carbocycles. The molecule has 2 rings (SSSR count). The Hall–Kier alpha value is -1.32. The van der Waals surface area contributed by atoms with Gasteiger partial charge in [0.05, 0.1) is 11.1 Å². The van der Waals surface area contributed by atoms with Crippen LogP contribution in [0.2, 0.25) is 0 Å². The lowest BCUT2D eigenvalue weighted by atomic mass is 9.72. The molecule has 1 saturated carbocycles. The van der Waals surface area contributed by atoms with Gasteiger partial charge >= 0.3 is 5.97 Å². The minimum atomic E-state index is -0.309. The first kappa shape index (κ1) is 15.1. The van der Waals surface area contributed by atoms with E-state index in [1.54, 1.807) is 0 Å². The van der Waals surface area contributed by atoms with Crippen LogP contribution in [-0.2, 0) is 14.3 Å². The zero-order valence-corrected chi connectivity index (χ0v) is 12.8. The zero-order valence-electron chi connectivity index (χ0n) is 12.8. The molecule has 2 aliphatic rings. The Balaban J connectivity index is 2.15. The highest BCUT2D eigenvalue weighted by Gasteiger charge is 2.50. The minimum absolute atomic E-state index is 0.151. The van der Waals surface area contributed by atoms with Gasteiger partial charge in [-0.05, 0) is 33.1 Å². The number of allylic oxidation sites excluding steroid dienone is 1. The molecule has 1 amide bonds. The van der Waals surface area contributed by atoms with Gasteiger partial charge in [0.1, 0.15) is 6.61 Å². The molecule has 0 aromatic carbocycles. The molecule has 4 nitrogen and oxygen atoms in total. The molecule has 1 heterocycles. The van der Waals surface area contributed by atoms with Gasteiger partial charge in [0.2, 0.25) is 5.91 Å². The molecule has 0 N–H and O–H groups in total. The molecule has 112 valence electrons. The molecule has 20 heavy (non-hydrogen) atoms. The third-order valence-corrected chi connectivity index (χ3v) is 4.68. The molecule has 1 atom stereocenters. The Morgan fingerprint density at radius 1 is 1.40 bits per heavy atom. The molecule has 1 saturated heterocycles. The smallest absolute Gasteiger partial charge is 0.303 e. The van der Waals surface area contributed by atoms with Crippen LogP contribution in [0.25, 0.3) is 0 Å². The number of hydrogen-bond donors (Lipinski definition) is 0. The monoisotopic (exact) mass is 279 g/mol. The first-order valence-electron chi connectivity index (χ1n) is 7.62. The van der Waals surface area contributed by atoms with Crippen LogP contribution in [0.3, 0.4) is 0 Å². The molecule has 0 aromatic heterocycles. The van der Waals surface area contributed by atoms with E-state index in [0.717, 1.165) is 37.8 Å². The number of carbonyl (C=O) groups is 2. The lowest BCUT2D eigenvalue weighted by molar-refractivity contribution is -0.143. The molecule has 4 heteroatoms. The van der Waals surface area contributed by atoms with E-state index >= 15 is 0 Å². The number of hydrogen-bond acceptors (Lipinski definition) is 3. The number of likely N-dealkylation sites (tertiary alicyclic amines) is 1. The molecule has 0 aromatic rings. The van der Waals surface area contributed by atoms with Gasteiger partial charge in [-0.25, -0.2) is 0 Å². The number of amides is 1. The largest absolute Gasteiger partial charge is 0.459 e. The summed E-state index contributed by atoms with van der Waals surface area (Å²) in [4.78, 5) is 25.7. The zero-order chi connectivity index (χ0) is 14.8. The number of carbonyl (C=O) groups excluding carboxylic acids is 2. The van der Waals surface area contributed by atoms with Crippen LogP contribution < -0.4 is 0 Å². The molecule has 0 unspecified atom stereocenters. The van der Waals surface area contributed by atoms with E-state index in [1.165, 1.54) is 13.3 Å². The van der Waals surface area contributed by atoms with Crippen LogP contribution in [0, 0.1) is 5.41 Å². The van der Waals surface area contributed by atoms with Crippen molar-refractivity contribution in [3.05, 3.63) is 11.8 Å².